The molecule has 1 aliphatic rings. The topological polar surface area (TPSA) is 203 Å². The highest BCUT2D eigenvalue weighted by atomic mass is 31.3. The fraction of sp³-hybridized carbons (Fsp3) is 0.714. The summed E-state index contributed by atoms with van der Waals surface area (Å²) in [5.74, 6) is 0. The van der Waals surface area contributed by atoms with Crippen LogP contribution in [0.4, 0.5) is 0 Å². The second kappa shape index (κ2) is 45.8. The van der Waals surface area contributed by atoms with Gasteiger partial charge in [0.25, 0.3) is 0 Å². The van der Waals surface area contributed by atoms with Crippen molar-refractivity contribution in [1.29, 1.82) is 0 Å². The van der Waals surface area contributed by atoms with Crippen LogP contribution in [0.5, 0.6) is 0 Å². The van der Waals surface area contributed by atoms with Crippen molar-refractivity contribution in [2.45, 2.75) is 0 Å². The number of rotatable bonds is 54. The lowest BCUT2D eigenvalue weighted by Gasteiger charge is -2.33. The molecule has 66 heavy (non-hydrogen) atoms. The largest absolute Gasteiger partial charge is 0.377 e. The van der Waals surface area contributed by atoms with E-state index >= 15 is 0 Å². The van der Waals surface area contributed by atoms with Crippen LogP contribution in [0.3, 0.4) is 0 Å². The normalized spacial score (nSPS) is 14.7. The fourth-order valence-corrected chi connectivity index (χ4v) is 13.9. The highest BCUT2D eigenvalue weighted by Crippen LogP contribution is 2.80. The van der Waals surface area contributed by atoms with Crippen LogP contribution in [0, 0.1) is 0 Å². The van der Waals surface area contributed by atoms with Gasteiger partial charge in [0.15, 0.2) is 0 Å². The van der Waals surface area contributed by atoms with Crippen LogP contribution < -0.4 is 0 Å². The van der Waals surface area contributed by atoms with Gasteiger partial charge in [-0.3, -0.25) is 0 Å². The number of ether oxygens (including phenoxy) is 12. The molecule has 0 aromatic carbocycles. The zero-order valence-corrected chi connectivity index (χ0v) is 41.6. The Balaban J connectivity index is 3.73. The van der Waals surface area contributed by atoms with Gasteiger partial charge in [0.2, 0.25) is 0 Å². The van der Waals surface area contributed by atoms with Crippen molar-refractivity contribution in [3.63, 3.8) is 0 Å². The smallest absolute Gasteiger partial charge is 0.349 e. The molecule has 1 heterocycles. The summed E-state index contributed by atoms with van der Waals surface area (Å²) in [6, 6.07) is 0. The van der Waals surface area contributed by atoms with Gasteiger partial charge in [0.1, 0.15) is 0 Å². The molecule has 384 valence electrons. The SMILES string of the molecule is C=CCOCCOCCOP1(OCCOCCOCC=C)=NP(OCCOCCOCC=C)(OCCOCCOCC=C)=NP(OCCOCCOCC=C)(OCCOCCOCC=C)=N1. The summed E-state index contributed by atoms with van der Waals surface area (Å²) in [5.41, 5.74) is 0. The minimum absolute atomic E-state index is 0.0121. The van der Waals surface area contributed by atoms with Gasteiger partial charge in [0, 0.05) is 0 Å². The second-order valence-corrected chi connectivity index (χ2v) is 19.2. The maximum atomic E-state index is 6.53. The first-order chi connectivity index (χ1) is 32.5. The molecule has 0 amide bonds. The van der Waals surface area contributed by atoms with E-state index in [1.807, 2.05) is 0 Å². The lowest BCUT2D eigenvalue weighted by atomic mass is 10.7. The van der Waals surface area contributed by atoms with E-state index in [-0.39, 0.29) is 79.3 Å². The lowest BCUT2D eigenvalue weighted by molar-refractivity contribution is 0.0332. The van der Waals surface area contributed by atoms with Gasteiger partial charge in [0.05, 0.1) is 198 Å². The van der Waals surface area contributed by atoms with Crippen LogP contribution in [0.25, 0.3) is 0 Å². The average molecular weight is 1010 g/mol. The van der Waals surface area contributed by atoms with Gasteiger partial charge in [-0.25, -0.2) is 0 Å². The van der Waals surface area contributed by atoms with Crippen molar-refractivity contribution in [1.82, 2.24) is 0 Å². The van der Waals surface area contributed by atoms with Crippen molar-refractivity contribution in [2.24, 2.45) is 13.5 Å². The third-order valence-electron chi connectivity index (χ3n) is 7.25. The molecule has 0 saturated heterocycles. The zero-order valence-electron chi connectivity index (χ0n) is 39.0. The second-order valence-electron chi connectivity index (χ2n) is 12.6. The van der Waals surface area contributed by atoms with Crippen LogP contribution in [-0.2, 0) is 84.0 Å². The summed E-state index contributed by atoms with van der Waals surface area (Å²) in [4.78, 5) is 0. The third-order valence-corrected chi connectivity index (χ3v) is 15.8. The van der Waals surface area contributed by atoms with Crippen LogP contribution in [0.15, 0.2) is 89.5 Å². The van der Waals surface area contributed by atoms with Crippen molar-refractivity contribution >= 4 is 23.0 Å². The van der Waals surface area contributed by atoms with Crippen LogP contribution in [-0.4, -0.2) is 198 Å². The third kappa shape index (κ3) is 34.7. The van der Waals surface area contributed by atoms with Crippen molar-refractivity contribution < 1.29 is 84.0 Å². The molecule has 0 aliphatic carbocycles. The highest BCUT2D eigenvalue weighted by molar-refractivity contribution is 7.78. The van der Waals surface area contributed by atoms with E-state index in [2.05, 4.69) is 39.5 Å². The molecule has 0 aromatic rings. The molecule has 0 aromatic heterocycles. The van der Waals surface area contributed by atoms with Crippen LogP contribution >= 0.6 is 23.0 Å². The van der Waals surface area contributed by atoms with Gasteiger partial charge in [-0.15, -0.1) is 53.0 Å². The molecule has 0 spiro atoms. The minimum atomic E-state index is -3.84. The summed E-state index contributed by atoms with van der Waals surface area (Å²) < 4.78 is 122. The zero-order chi connectivity index (χ0) is 47.8. The van der Waals surface area contributed by atoms with Crippen molar-refractivity contribution in [3.8, 4) is 0 Å². The predicted octanol–water partition coefficient (Wildman–Crippen LogP) is 7.25. The van der Waals surface area contributed by atoms with Gasteiger partial charge >= 0.3 is 23.0 Å². The summed E-state index contributed by atoms with van der Waals surface area (Å²) in [6.45, 7) is 29.1. The van der Waals surface area contributed by atoms with Crippen LogP contribution in [0.1, 0.15) is 0 Å². The van der Waals surface area contributed by atoms with Crippen molar-refractivity contribution in [2.75, 3.05) is 198 Å². The highest BCUT2D eigenvalue weighted by Gasteiger charge is 2.43. The summed E-state index contributed by atoms with van der Waals surface area (Å²) >= 11 is 0. The molecule has 0 saturated carbocycles. The number of nitrogens with zero attached hydrogens (tertiary/aromatic N) is 3. The molecule has 1 aliphatic heterocycles. The standard InChI is InChI=1S/C42H78N3O18P3/c1-7-13-46-19-25-52-31-37-58-64(59-38-32-53-26-20-47-14-8-2)43-65(60-39-33-54-27-21-48-15-9-3,61-40-34-55-28-22-49-16-10-4)45-66(44-64,62-41-35-56-29-23-50-17-11-5)63-42-36-57-30-24-51-18-12-6/h7-12H,1-6,13-42H2. The quantitative estimate of drug-likeness (QED) is 0.0334. The van der Waals surface area contributed by atoms with Crippen LogP contribution in [0.2, 0.25) is 0 Å². The number of hydrogen-bond acceptors (Lipinski definition) is 21. The Bertz CT molecular complexity index is 1150. The van der Waals surface area contributed by atoms with Crippen molar-refractivity contribution in [3.05, 3.63) is 75.9 Å². The summed E-state index contributed by atoms with van der Waals surface area (Å²) in [6.07, 6.45) is 9.97. The predicted molar refractivity (Wildman–Crippen MR) is 255 cm³/mol. The first-order valence-corrected chi connectivity index (χ1v) is 26.4. The number of hydrogen-bond donors (Lipinski definition) is 0. The molecule has 24 heteroatoms. The molecular formula is C42H78N3O18P3. The molecule has 0 unspecified atom stereocenters. The first kappa shape index (κ1) is 62.4. The van der Waals surface area contributed by atoms with Gasteiger partial charge in [-0.05, 0) is 0 Å². The Morgan fingerprint density at radius 2 is 0.348 bits per heavy atom. The molecule has 0 N–H and O–H groups in total. The van der Waals surface area contributed by atoms with E-state index < -0.39 is 23.0 Å². The Kier molecular flexibility index (Phi) is 43.3. The molecule has 0 atom stereocenters. The van der Waals surface area contributed by atoms with Gasteiger partial charge in [-0.2, -0.15) is 0 Å². The van der Waals surface area contributed by atoms with E-state index in [0.29, 0.717) is 119 Å². The van der Waals surface area contributed by atoms with E-state index in [1.54, 1.807) is 36.5 Å². The van der Waals surface area contributed by atoms with E-state index in [0.717, 1.165) is 0 Å². The average Bonchev–Trinajstić information content (AvgIpc) is 3.31. The summed E-state index contributed by atoms with van der Waals surface area (Å²) in [5, 5.41) is 0. The molecule has 0 radical (unpaired) electrons. The maximum Gasteiger partial charge on any atom is 0.349 e. The Labute approximate surface area is 393 Å². The molecule has 21 nitrogen and oxygen atoms in total. The van der Waals surface area contributed by atoms with E-state index in [1.165, 1.54) is 0 Å². The van der Waals surface area contributed by atoms with E-state index in [4.69, 9.17) is 97.5 Å². The Morgan fingerprint density at radius 3 is 0.500 bits per heavy atom. The minimum Gasteiger partial charge on any atom is -0.377 e. The molecule has 0 fully saturated rings. The van der Waals surface area contributed by atoms with Gasteiger partial charge < -0.3 is 84.0 Å². The maximum absolute atomic E-state index is 6.53. The Morgan fingerprint density at radius 1 is 0.212 bits per heavy atom. The molecule has 0 bridgehead atoms. The lowest BCUT2D eigenvalue weighted by Crippen LogP contribution is -2.15. The molecule has 1 rings (SSSR count). The first-order valence-electron chi connectivity index (χ1n) is 21.9. The van der Waals surface area contributed by atoms with E-state index in [9.17, 15) is 0 Å². The molecular weight excluding hydrogens is 927 g/mol. The Hall–Kier alpha value is -1.59. The summed E-state index contributed by atoms with van der Waals surface area (Å²) in [7, 11) is -11.5. The van der Waals surface area contributed by atoms with Gasteiger partial charge in [-0.1, -0.05) is 36.5 Å². The monoisotopic (exact) mass is 1010 g/mol. The fourth-order valence-electron chi connectivity index (χ4n) is 4.51.